The minimum Gasteiger partial charge on any atom is -0.493 e. The van der Waals surface area contributed by atoms with Gasteiger partial charge in [-0.1, -0.05) is 12.1 Å². The highest BCUT2D eigenvalue weighted by Crippen LogP contribution is 2.28. The van der Waals surface area contributed by atoms with Crippen LogP contribution in [0.15, 0.2) is 42.6 Å². The molecule has 0 aliphatic heterocycles. The van der Waals surface area contributed by atoms with E-state index in [1.807, 2.05) is 13.0 Å². The van der Waals surface area contributed by atoms with Gasteiger partial charge in [0.25, 0.3) is 0 Å². The Morgan fingerprint density at radius 3 is 2.67 bits per heavy atom. The molecule has 92 valence electrons. The van der Waals surface area contributed by atoms with Gasteiger partial charge in [-0.3, -0.25) is 0 Å². The van der Waals surface area contributed by atoms with Crippen LogP contribution in [0.4, 0.5) is 0 Å². The Labute approximate surface area is 105 Å². The number of carbonyl (C=O) groups is 1. The number of ether oxygens (including phenoxy) is 2. The number of aryl methyl sites for hydroxylation is 1. The fourth-order valence-electron chi connectivity index (χ4n) is 1.50. The minimum atomic E-state index is -0.500. The molecular formula is C14H13NO3. The van der Waals surface area contributed by atoms with Crippen molar-refractivity contribution >= 4 is 5.97 Å². The number of methoxy groups -OCH3 is 1. The molecule has 0 N–H and O–H groups in total. The molecule has 0 saturated carbocycles. The van der Waals surface area contributed by atoms with Gasteiger partial charge in [0.2, 0.25) is 0 Å². The summed E-state index contributed by atoms with van der Waals surface area (Å²) in [5.41, 5.74) is 1.25. The number of pyridine rings is 1. The summed E-state index contributed by atoms with van der Waals surface area (Å²) < 4.78 is 10.4. The fraction of sp³-hybridized carbons (Fsp3) is 0.143. The Balaban J connectivity index is 2.24. The Hall–Kier alpha value is -2.36. The molecule has 1 aromatic carbocycles. The summed E-state index contributed by atoms with van der Waals surface area (Å²) in [7, 11) is 1.53. The van der Waals surface area contributed by atoms with E-state index < -0.39 is 5.97 Å². The second-order valence-corrected chi connectivity index (χ2v) is 3.76. The van der Waals surface area contributed by atoms with Crippen LogP contribution in [-0.4, -0.2) is 18.1 Å². The van der Waals surface area contributed by atoms with Crippen molar-refractivity contribution in [3.8, 4) is 11.5 Å². The molecule has 1 aromatic heterocycles. The third kappa shape index (κ3) is 2.66. The predicted molar refractivity (Wildman–Crippen MR) is 66.9 cm³/mol. The van der Waals surface area contributed by atoms with E-state index in [1.165, 1.54) is 7.11 Å². The highest BCUT2D eigenvalue weighted by molar-refractivity contribution is 5.89. The van der Waals surface area contributed by atoms with Crippen LogP contribution in [0.1, 0.15) is 16.1 Å². The molecule has 0 radical (unpaired) electrons. The lowest BCUT2D eigenvalue weighted by molar-refractivity contribution is 0.0723. The van der Waals surface area contributed by atoms with E-state index in [0.717, 1.165) is 5.56 Å². The summed E-state index contributed by atoms with van der Waals surface area (Å²) in [6.07, 6.45) is 1.55. The van der Waals surface area contributed by atoms with Crippen LogP contribution in [-0.2, 0) is 0 Å². The largest absolute Gasteiger partial charge is 0.493 e. The maximum Gasteiger partial charge on any atom is 0.362 e. The van der Waals surface area contributed by atoms with Crippen molar-refractivity contribution in [2.75, 3.05) is 7.11 Å². The molecule has 0 amide bonds. The first-order valence-electron chi connectivity index (χ1n) is 5.48. The van der Waals surface area contributed by atoms with E-state index in [0.29, 0.717) is 11.5 Å². The van der Waals surface area contributed by atoms with Gasteiger partial charge in [0.15, 0.2) is 11.5 Å². The zero-order valence-electron chi connectivity index (χ0n) is 10.2. The number of rotatable bonds is 3. The molecule has 1 heterocycles. The highest BCUT2D eigenvalue weighted by Gasteiger charge is 2.13. The normalized spacial score (nSPS) is 9.89. The first-order chi connectivity index (χ1) is 8.70. The van der Waals surface area contributed by atoms with Crippen LogP contribution in [0.25, 0.3) is 0 Å². The number of hydrogen-bond donors (Lipinski definition) is 0. The molecule has 0 fully saturated rings. The molecule has 0 aliphatic carbocycles. The molecule has 0 saturated heterocycles. The molecule has 18 heavy (non-hydrogen) atoms. The van der Waals surface area contributed by atoms with Gasteiger partial charge >= 0.3 is 5.97 Å². The van der Waals surface area contributed by atoms with Gasteiger partial charge in [-0.05, 0) is 36.8 Å². The van der Waals surface area contributed by atoms with Crippen molar-refractivity contribution < 1.29 is 14.3 Å². The molecule has 4 nitrogen and oxygen atoms in total. The number of aromatic nitrogens is 1. The van der Waals surface area contributed by atoms with Crippen LogP contribution >= 0.6 is 0 Å². The molecule has 0 aliphatic rings. The summed E-state index contributed by atoms with van der Waals surface area (Å²) in [4.78, 5) is 15.8. The van der Waals surface area contributed by atoms with E-state index in [2.05, 4.69) is 4.98 Å². The van der Waals surface area contributed by atoms with E-state index >= 15 is 0 Å². The van der Waals surface area contributed by atoms with Crippen LogP contribution in [0, 0.1) is 6.92 Å². The lowest BCUT2D eigenvalue weighted by Crippen LogP contribution is -2.10. The third-order valence-electron chi connectivity index (χ3n) is 2.40. The lowest BCUT2D eigenvalue weighted by Gasteiger charge is -2.09. The Morgan fingerprint density at radius 1 is 1.17 bits per heavy atom. The summed E-state index contributed by atoms with van der Waals surface area (Å²) in [5, 5.41) is 0. The second kappa shape index (κ2) is 5.31. The van der Waals surface area contributed by atoms with Gasteiger partial charge in [-0.2, -0.15) is 0 Å². The van der Waals surface area contributed by atoms with Gasteiger partial charge < -0.3 is 9.47 Å². The van der Waals surface area contributed by atoms with Crippen LogP contribution in [0.2, 0.25) is 0 Å². The van der Waals surface area contributed by atoms with Gasteiger partial charge in [0.05, 0.1) is 7.11 Å². The smallest absolute Gasteiger partial charge is 0.362 e. The fourth-order valence-corrected chi connectivity index (χ4v) is 1.50. The second-order valence-electron chi connectivity index (χ2n) is 3.76. The molecule has 0 spiro atoms. The summed E-state index contributed by atoms with van der Waals surface area (Å²) in [5.74, 6) is 0.414. The van der Waals surface area contributed by atoms with Crippen LogP contribution in [0.5, 0.6) is 11.5 Å². The predicted octanol–water partition coefficient (Wildman–Crippen LogP) is 2.62. The van der Waals surface area contributed by atoms with Crippen molar-refractivity contribution in [2.24, 2.45) is 0 Å². The molecule has 4 heteroatoms. The molecule has 2 rings (SSSR count). The highest BCUT2D eigenvalue weighted by atomic mass is 16.6. The van der Waals surface area contributed by atoms with Gasteiger partial charge in [0, 0.05) is 6.20 Å². The average molecular weight is 243 g/mol. The maximum absolute atomic E-state index is 11.9. The van der Waals surface area contributed by atoms with Crippen molar-refractivity contribution in [3.05, 3.63) is 53.9 Å². The number of benzene rings is 1. The minimum absolute atomic E-state index is 0.265. The molecule has 2 aromatic rings. The standard InChI is InChI=1S/C14H13NO3/c1-10-6-7-12(17-2)13(9-10)18-14(16)11-5-3-4-8-15-11/h3-9H,1-2H3. The van der Waals surface area contributed by atoms with E-state index in [9.17, 15) is 4.79 Å². The molecule has 0 bridgehead atoms. The number of nitrogens with zero attached hydrogens (tertiary/aromatic N) is 1. The van der Waals surface area contributed by atoms with Crippen molar-refractivity contribution in [2.45, 2.75) is 6.92 Å². The molecular weight excluding hydrogens is 230 g/mol. The van der Waals surface area contributed by atoms with Crippen molar-refractivity contribution in [3.63, 3.8) is 0 Å². The Morgan fingerprint density at radius 2 is 2.00 bits per heavy atom. The van der Waals surface area contributed by atoms with Crippen molar-refractivity contribution in [1.82, 2.24) is 4.98 Å². The molecule has 0 atom stereocenters. The first-order valence-corrected chi connectivity index (χ1v) is 5.48. The Kier molecular flexibility index (Phi) is 3.57. The first kappa shape index (κ1) is 12.1. The van der Waals surface area contributed by atoms with Gasteiger partial charge in [-0.25, -0.2) is 9.78 Å². The topological polar surface area (TPSA) is 48.4 Å². The van der Waals surface area contributed by atoms with Crippen LogP contribution < -0.4 is 9.47 Å². The zero-order chi connectivity index (χ0) is 13.0. The molecule has 0 unspecified atom stereocenters. The Bertz CT molecular complexity index is 552. The van der Waals surface area contributed by atoms with E-state index in [1.54, 1.807) is 36.5 Å². The third-order valence-corrected chi connectivity index (χ3v) is 2.40. The number of hydrogen-bond acceptors (Lipinski definition) is 4. The summed E-state index contributed by atoms with van der Waals surface area (Å²) >= 11 is 0. The number of carbonyl (C=O) groups excluding carboxylic acids is 1. The summed E-state index contributed by atoms with van der Waals surface area (Å²) in [6, 6.07) is 10.5. The monoisotopic (exact) mass is 243 g/mol. The average Bonchev–Trinajstić information content (AvgIpc) is 2.40. The zero-order valence-corrected chi connectivity index (χ0v) is 10.2. The van der Waals surface area contributed by atoms with E-state index in [-0.39, 0.29) is 5.69 Å². The number of esters is 1. The van der Waals surface area contributed by atoms with Crippen molar-refractivity contribution in [1.29, 1.82) is 0 Å². The summed E-state index contributed by atoms with van der Waals surface area (Å²) in [6.45, 7) is 1.91. The van der Waals surface area contributed by atoms with Gasteiger partial charge in [0.1, 0.15) is 5.69 Å². The van der Waals surface area contributed by atoms with E-state index in [4.69, 9.17) is 9.47 Å². The maximum atomic E-state index is 11.9. The SMILES string of the molecule is COc1ccc(C)cc1OC(=O)c1ccccn1. The van der Waals surface area contributed by atoms with Gasteiger partial charge in [-0.15, -0.1) is 0 Å². The quantitative estimate of drug-likeness (QED) is 0.614. The lowest BCUT2D eigenvalue weighted by atomic mass is 10.2. The van der Waals surface area contributed by atoms with Crippen LogP contribution in [0.3, 0.4) is 0 Å².